The molecule has 224 valence electrons. The summed E-state index contributed by atoms with van der Waals surface area (Å²) in [5.41, 5.74) is 0. The Morgan fingerprint density at radius 2 is 0.262 bits per heavy atom. The molecule has 0 amide bonds. The van der Waals surface area contributed by atoms with Gasteiger partial charge in [0.05, 0.1) is 62.6 Å². The second-order valence-electron chi connectivity index (χ2n) is 3.90. The van der Waals surface area contributed by atoms with E-state index in [1.807, 2.05) is 0 Å². The van der Waals surface area contributed by atoms with Crippen molar-refractivity contribution in [2.45, 2.75) is 0 Å². The van der Waals surface area contributed by atoms with Gasteiger partial charge >= 0.3 is 308 Å². The van der Waals surface area contributed by atoms with Crippen molar-refractivity contribution in [3.63, 3.8) is 0 Å². The average molecular weight is 930 g/mol. The molecule has 0 spiro atoms. The smallest absolute Gasteiger partial charge is 0.790 e. The second kappa shape index (κ2) is 33.9. The van der Waals surface area contributed by atoms with E-state index in [1.165, 1.54) is 0 Å². The maximum absolute atomic E-state index is 9.32. The van der Waals surface area contributed by atoms with E-state index in [9.17, 15) is 115 Å². The van der Waals surface area contributed by atoms with E-state index in [1.54, 1.807) is 0 Å². The summed E-state index contributed by atoms with van der Waals surface area (Å²) in [6, 6.07) is 0. The summed E-state index contributed by atoms with van der Waals surface area (Å²) in [6.07, 6.45) is 0. The summed E-state index contributed by atoms with van der Waals surface area (Å²) in [4.78, 5) is 149. The molecule has 0 aromatic rings. The van der Waals surface area contributed by atoms with E-state index >= 15 is 0 Å². The molecule has 0 rings (SSSR count). The zero-order chi connectivity index (χ0) is 30.8. The monoisotopic (exact) mass is 929 g/mol. The van der Waals surface area contributed by atoms with Crippen molar-refractivity contribution in [2.75, 3.05) is 0 Å². The van der Waals surface area contributed by atoms with E-state index in [4.69, 9.17) is 0 Å². The van der Waals surface area contributed by atoms with E-state index in [2.05, 4.69) is 17.2 Å². The first-order valence-electron chi connectivity index (χ1n) is 5.84. The number of hydrogen-bond donors (Lipinski definition) is 0. The SMILES string of the molecule is O=P([O-])([O-])OP(=O)([O-])[O-].O=P([O-])([O-])OP(=O)([O-])[O-].O=P([O-])([O-])OP(=O)([O-])[O-].O=P([O-])([O-])OP(=O)([O-])[O-].[K+].[K+].[K+].[K+].[K+].[K+]. The van der Waals surface area contributed by atoms with Crippen molar-refractivity contribution in [3.05, 3.63) is 0 Å². The number of hydrogen-bond acceptors (Lipinski definition) is 28. The van der Waals surface area contributed by atoms with E-state index in [-0.39, 0.29) is 308 Å². The van der Waals surface area contributed by atoms with Crippen LogP contribution in [0.25, 0.3) is 0 Å². The minimum Gasteiger partial charge on any atom is -0.790 e. The van der Waals surface area contributed by atoms with E-state index < -0.39 is 62.6 Å². The van der Waals surface area contributed by atoms with Gasteiger partial charge in [0, 0.05) is 0 Å². The Kier molecular flexibility index (Phi) is 62.6. The van der Waals surface area contributed by atoms with Crippen LogP contribution in [-0.4, -0.2) is 0 Å². The summed E-state index contributed by atoms with van der Waals surface area (Å²) in [7, 11) is -45.4. The fourth-order valence-electron chi connectivity index (χ4n) is 0.490. The van der Waals surface area contributed by atoms with Crippen molar-refractivity contribution in [1.29, 1.82) is 0 Å². The summed E-state index contributed by atoms with van der Waals surface area (Å²) in [5, 5.41) is 0. The largest absolute Gasteiger partial charge is 1.00 e. The number of rotatable bonds is 8. The third-order valence-electron chi connectivity index (χ3n) is 0.800. The zero-order valence-corrected chi connectivity index (χ0v) is 46.9. The molecule has 0 radical (unpaired) electrons. The first kappa shape index (κ1) is 77.4. The van der Waals surface area contributed by atoms with Crippen LogP contribution in [0.4, 0.5) is 0 Å². The third kappa shape index (κ3) is 104. The molecule has 0 aromatic heterocycles. The van der Waals surface area contributed by atoms with Crippen LogP contribution in [0, 0.1) is 0 Å². The van der Waals surface area contributed by atoms with Gasteiger partial charge in [0.2, 0.25) is 0 Å². The predicted molar refractivity (Wildman–Crippen MR) is 65.2 cm³/mol. The van der Waals surface area contributed by atoms with Gasteiger partial charge in [-0.15, -0.1) is 0 Å². The molecular weight excluding hydrogens is 930 g/mol. The van der Waals surface area contributed by atoms with Crippen molar-refractivity contribution in [3.8, 4) is 0 Å². The van der Waals surface area contributed by atoms with Crippen LogP contribution in [0.5, 0.6) is 0 Å². The molecule has 42 heteroatoms. The maximum atomic E-state index is 9.32. The van der Waals surface area contributed by atoms with Crippen LogP contribution in [0.1, 0.15) is 0 Å². The van der Waals surface area contributed by atoms with Crippen molar-refractivity contribution in [2.24, 2.45) is 0 Å². The van der Waals surface area contributed by atoms with Gasteiger partial charge in [-0.25, -0.2) is 0 Å². The van der Waals surface area contributed by atoms with Crippen molar-refractivity contribution in [1.82, 2.24) is 0 Å². The molecule has 0 bridgehead atoms. The quantitative estimate of drug-likeness (QED) is 0.161. The van der Waals surface area contributed by atoms with Crippen LogP contribution in [0.15, 0.2) is 0 Å². The fraction of sp³-hybridized carbons (Fsp3) is 0. The zero-order valence-electron chi connectivity index (χ0n) is 21.0. The van der Waals surface area contributed by atoms with Gasteiger partial charge in [0.1, 0.15) is 0 Å². The fourth-order valence-corrected chi connectivity index (χ4v) is 4.41. The first-order valence-corrected chi connectivity index (χ1v) is 17.5. The van der Waals surface area contributed by atoms with Crippen LogP contribution in [0.3, 0.4) is 0 Å². The Bertz CT molecular complexity index is 782. The molecule has 0 atom stereocenters. The van der Waals surface area contributed by atoms with Gasteiger partial charge in [-0.3, -0.25) is 0 Å². The van der Waals surface area contributed by atoms with Crippen LogP contribution in [-0.2, 0) is 53.8 Å². The Hall–Kier alpha value is 10.9. The third-order valence-corrected chi connectivity index (χ3v) is 7.20. The normalized spacial score (nSPS) is 11.8. The second-order valence-corrected chi connectivity index (χ2v) is 13.7. The molecule has 0 unspecified atom stereocenters. The Balaban J connectivity index is -0.0000000388. The molecule has 0 saturated heterocycles. The molecule has 0 aromatic carbocycles. The summed E-state index contributed by atoms with van der Waals surface area (Å²) in [6.45, 7) is 0. The number of phosphoric acid groups is 8. The van der Waals surface area contributed by atoms with Gasteiger partial charge in [0.15, 0.2) is 0 Å². The average Bonchev–Trinajstić information content (AvgIpc) is 2.19. The van der Waals surface area contributed by atoms with Gasteiger partial charge in [-0.05, 0) is 0 Å². The Morgan fingerprint density at radius 3 is 0.262 bits per heavy atom. The van der Waals surface area contributed by atoms with E-state index in [0.29, 0.717) is 0 Å². The van der Waals surface area contributed by atoms with Gasteiger partial charge < -0.3 is 132 Å². The van der Waals surface area contributed by atoms with Gasteiger partial charge in [-0.2, -0.15) is 0 Å². The molecule has 0 heterocycles. The van der Waals surface area contributed by atoms with Crippen molar-refractivity contribution >= 4 is 62.6 Å². The molecular formula is K6O28P8-10. The molecule has 0 saturated carbocycles. The first-order chi connectivity index (χ1) is 14.8. The van der Waals surface area contributed by atoms with Gasteiger partial charge in [-0.1, -0.05) is 0 Å². The molecule has 0 aliphatic carbocycles. The molecule has 28 nitrogen and oxygen atoms in total. The minimum absolute atomic E-state index is 0. The standard InChI is InChI=1S/6K.4H4O7P2/c;;;;;;4*1-8(2,3)7-9(4,5)6/h;;;;;;4*(H2,1,2,3)(H2,4,5,6)/q6*+1;;;;/p-16. The molecule has 0 N–H and O–H groups in total. The predicted octanol–water partition coefficient (Wildman–Crippen LogP) is -31.3. The summed E-state index contributed by atoms with van der Waals surface area (Å²) >= 11 is 0. The maximum Gasteiger partial charge on any atom is 1.00 e. The Morgan fingerprint density at radius 1 is 0.214 bits per heavy atom. The molecule has 42 heavy (non-hydrogen) atoms. The summed E-state index contributed by atoms with van der Waals surface area (Å²) < 4.78 is 84.7. The Labute approximate surface area is 488 Å². The summed E-state index contributed by atoms with van der Waals surface area (Å²) in [5.74, 6) is 0. The van der Waals surface area contributed by atoms with Crippen LogP contribution >= 0.6 is 62.6 Å². The van der Waals surface area contributed by atoms with Crippen molar-refractivity contribution < 1.29 is 440 Å². The topological polar surface area (TPSA) is 542 Å². The van der Waals surface area contributed by atoms with Crippen LogP contribution < -0.4 is 387 Å². The van der Waals surface area contributed by atoms with Crippen LogP contribution in [0.2, 0.25) is 0 Å². The minimum atomic E-state index is -5.68. The molecule has 0 fully saturated rings. The van der Waals surface area contributed by atoms with Gasteiger partial charge in [0.25, 0.3) is 0 Å². The molecule has 0 aliphatic rings. The molecule has 0 aliphatic heterocycles. The van der Waals surface area contributed by atoms with E-state index in [0.717, 1.165) is 0 Å².